The van der Waals surface area contributed by atoms with Crippen LogP contribution in [0.3, 0.4) is 0 Å². The minimum absolute atomic E-state index is 0.437. The summed E-state index contributed by atoms with van der Waals surface area (Å²) in [5, 5.41) is 0. The largest absolute Gasteiger partial charge is 0.343 e. The molecule has 0 aromatic carbocycles. The van der Waals surface area contributed by atoms with E-state index in [4.69, 9.17) is 0 Å². The van der Waals surface area contributed by atoms with Gasteiger partial charge in [-0.2, -0.15) is 0 Å². The Hall–Kier alpha value is -0.530. The molecule has 0 aromatic rings. The number of unbranched alkanes of at least 4 members (excludes halogenated alkanes) is 24. The Morgan fingerprint density at radius 2 is 0.611 bits per heavy atom. The van der Waals surface area contributed by atoms with E-state index in [1.165, 1.54) is 167 Å². The molecule has 0 saturated heterocycles. The standard InChI is InChI=1S/C34H69NO/c1-4-7-10-13-16-17-18-19-20-21-22-23-24-25-28-31-34(36)35(32-29-26-14-11-8-5-2)33-30-27-15-12-9-6-3/h4-33H2,1-3H3. The summed E-state index contributed by atoms with van der Waals surface area (Å²) in [7, 11) is 0. The van der Waals surface area contributed by atoms with Crippen LogP contribution >= 0.6 is 0 Å². The summed E-state index contributed by atoms with van der Waals surface area (Å²) in [5.74, 6) is 0.437. The van der Waals surface area contributed by atoms with Gasteiger partial charge in [-0.25, -0.2) is 0 Å². The molecule has 0 rings (SSSR count). The second-order valence-electron chi connectivity index (χ2n) is 11.6. The first kappa shape index (κ1) is 35.5. The van der Waals surface area contributed by atoms with Crippen LogP contribution in [-0.2, 0) is 4.79 Å². The van der Waals surface area contributed by atoms with Crippen molar-refractivity contribution in [3.8, 4) is 0 Å². The van der Waals surface area contributed by atoms with Crippen molar-refractivity contribution in [3.05, 3.63) is 0 Å². The van der Waals surface area contributed by atoms with Gasteiger partial charge in [0.05, 0.1) is 0 Å². The Morgan fingerprint density at radius 1 is 0.361 bits per heavy atom. The van der Waals surface area contributed by atoms with Crippen molar-refractivity contribution < 1.29 is 4.79 Å². The Morgan fingerprint density at radius 3 is 0.917 bits per heavy atom. The van der Waals surface area contributed by atoms with Crippen molar-refractivity contribution >= 4 is 5.91 Å². The molecule has 0 radical (unpaired) electrons. The monoisotopic (exact) mass is 508 g/mol. The van der Waals surface area contributed by atoms with Gasteiger partial charge in [0.2, 0.25) is 5.91 Å². The zero-order valence-corrected chi connectivity index (χ0v) is 25.6. The number of rotatable bonds is 30. The third-order valence-electron chi connectivity index (χ3n) is 7.91. The summed E-state index contributed by atoms with van der Waals surface area (Å²) in [5.41, 5.74) is 0. The molecule has 216 valence electrons. The molecule has 0 bridgehead atoms. The highest BCUT2D eigenvalue weighted by Crippen LogP contribution is 2.15. The number of amides is 1. The first-order valence-corrected chi connectivity index (χ1v) is 17.0. The molecule has 0 aliphatic rings. The van der Waals surface area contributed by atoms with Gasteiger partial charge in [-0.1, -0.05) is 175 Å². The zero-order valence-electron chi connectivity index (χ0n) is 25.6. The maximum atomic E-state index is 12.9. The highest BCUT2D eigenvalue weighted by molar-refractivity contribution is 5.76. The Kier molecular flexibility index (Phi) is 30.2. The van der Waals surface area contributed by atoms with Crippen molar-refractivity contribution in [2.75, 3.05) is 13.1 Å². The molecule has 2 heteroatoms. The summed E-state index contributed by atoms with van der Waals surface area (Å²) in [6.45, 7) is 8.85. The fourth-order valence-electron chi connectivity index (χ4n) is 5.33. The lowest BCUT2D eigenvalue weighted by Crippen LogP contribution is -2.32. The van der Waals surface area contributed by atoms with E-state index >= 15 is 0 Å². The van der Waals surface area contributed by atoms with Gasteiger partial charge in [0.1, 0.15) is 0 Å². The van der Waals surface area contributed by atoms with E-state index in [0.717, 1.165) is 25.9 Å². The molecule has 36 heavy (non-hydrogen) atoms. The molecule has 0 spiro atoms. The van der Waals surface area contributed by atoms with Crippen LogP contribution in [0.25, 0.3) is 0 Å². The predicted molar refractivity (Wildman–Crippen MR) is 163 cm³/mol. The summed E-state index contributed by atoms with van der Waals surface area (Å²) >= 11 is 0. The second-order valence-corrected chi connectivity index (χ2v) is 11.6. The van der Waals surface area contributed by atoms with Crippen LogP contribution < -0.4 is 0 Å². The van der Waals surface area contributed by atoms with E-state index in [-0.39, 0.29) is 0 Å². The zero-order chi connectivity index (χ0) is 26.4. The Labute approximate surface area is 229 Å². The third kappa shape index (κ3) is 26.5. The topological polar surface area (TPSA) is 20.3 Å². The first-order chi connectivity index (χ1) is 17.8. The highest BCUT2D eigenvalue weighted by atomic mass is 16.2. The summed E-state index contributed by atoms with van der Waals surface area (Å²) < 4.78 is 0. The maximum absolute atomic E-state index is 12.9. The highest BCUT2D eigenvalue weighted by Gasteiger charge is 2.12. The van der Waals surface area contributed by atoms with Crippen LogP contribution in [-0.4, -0.2) is 23.9 Å². The molecule has 2 nitrogen and oxygen atoms in total. The van der Waals surface area contributed by atoms with Crippen LogP contribution in [0.15, 0.2) is 0 Å². The average Bonchev–Trinajstić information content (AvgIpc) is 2.89. The van der Waals surface area contributed by atoms with Gasteiger partial charge >= 0.3 is 0 Å². The van der Waals surface area contributed by atoms with Crippen molar-refractivity contribution in [2.24, 2.45) is 0 Å². The maximum Gasteiger partial charge on any atom is 0.222 e. The lowest BCUT2D eigenvalue weighted by molar-refractivity contribution is -0.131. The van der Waals surface area contributed by atoms with Crippen molar-refractivity contribution in [3.63, 3.8) is 0 Å². The lowest BCUT2D eigenvalue weighted by atomic mass is 10.0. The van der Waals surface area contributed by atoms with Crippen molar-refractivity contribution in [2.45, 2.75) is 201 Å². The van der Waals surface area contributed by atoms with Gasteiger partial charge in [-0.3, -0.25) is 4.79 Å². The first-order valence-electron chi connectivity index (χ1n) is 17.0. The fraction of sp³-hybridized carbons (Fsp3) is 0.971. The molecule has 0 atom stereocenters. The molecule has 0 aliphatic carbocycles. The van der Waals surface area contributed by atoms with Crippen LogP contribution in [0.1, 0.15) is 201 Å². The number of nitrogens with zero attached hydrogens (tertiary/aromatic N) is 1. The normalized spacial score (nSPS) is 11.3. The summed E-state index contributed by atoms with van der Waals surface area (Å²) in [4.78, 5) is 15.2. The van der Waals surface area contributed by atoms with Gasteiger partial charge < -0.3 is 4.90 Å². The molecule has 0 N–H and O–H groups in total. The second kappa shape index (κ2) is 30.7. The molecule has 0 aromatic heterocycles. The third-order valence-corrected chi connectivity index (χ3v) is 7.91. The molecular formula is C34H69NO. The quantitative estimate of drug-likeness (QED) is 0.0885. The molecule has 0 fully saturated rings. The SMILES string of the molecule is CCCCCCCCCCCCCCCCCC(=O)N(CCCCCCCC)CCCCCCCC. The molecule has 0 unspecified atom stereocenters. The van der Waals surface area contributed by atoms with Crippen molar-refractivity contribution in [1.29, 1.82) is 0 Å². The van der Waals surface area contributed by atoms with Crippen LogP contribution in [0.5, 0.6) is 0 Å². The van der Waals surface area contributed by atoms with E-state index < -0.39 is 0 Å². The van der Waals surface area contributed by atoms with Gasteiger partial charge in [0.15, 0.2) is 0 Å². The molecule has 1 amide bonds. The van der Waals surface area contributed by atoms with Crippen molar-refractivity contribution in [1.82, 2.24) is 4.90 Å². The number of carbonyl (C=O) groups is 1. The number of hydrogen-bond acceptors (Lipinski definition) is 1. The summed E-state index contributed by atoms with van der Waals surface area (Å²) in [6, 6.07) is 0. The summed E-state index contributed by atoms with van der Waals surface area (Å²) in [6.07, 6.45) is 37.2. The lowest BCUT2D eigenvalue weighted by Gasteiger charge is -2.23. The minimum atomic E-state index is 0.437. The van der Waals surface area contributed by atoms with Crippen LogP contribution in [0.2, 0.25) is 0 Å². The van der Waals surface area contributed by atoms with Crippen LogP contribution in [0, 0.1) is 0 Å². The van der Waals surface area contributed by atoms with Gasteiger partial charge in [-0.15, -0.1) is 0 Å². The van der Waals surface area contributed by atoms with Crippen LogP contribution in [0.4, 0.5) is 0 Å². The molecular weight excluding hydrogens is 438 g/mol. The fourth-order valence-corrected chi connectivity index (χ4v) is 5.33. The Balaban J connectivity index is 3.80. The van der Waals surface area contributed by atoms with E-state index in [1.54, 1.807) is 0 Å². The molecule has 0 saturated carbocycles. The van der Waals surface area contributed by atoms with Gasteiger partial charge in [0.25, 0.3) is 0 Å². The Bertz CT molecular complexity index is 405. The molecule has 0 heterocycles. The van der Waals surface area contributed by atoms with E-state index in [2.05, 4.69) is 25.7 Å². The van der Waals surface area contributed by atoms with Gasteiger partial charge in [0, 0.05) is 19.5 Å². The van der Waals surface area contributed by atoms with E-state index in [0.29, 0.717) is 5.91 Å². The minimum Gasteiger partial charge on any atom is -0.343 e. The van der Waals surface area contributed by atoms with Gasteiger partial charge in [-0.05, 0) is 19.3 Å². The van der Waals surface area contributed by atoms with E-state index in [1.807, 2.05) is 0 Å². The molecule has 0 aliphatic heterocycles. The smallest absolute Gasteiger partial charge is 0.222 e. The van der Waals surface area contributed by atoms with E-state index in [9.17, 15) is 4.79 Å². The average molecular weight is 508 g/mol. The number of hydrogen-bond donors (Lipinski definition) is 0. The number of carbonyl (C=O) groups excluding carboxylic acids is 1. The predicted octanol–water partition coefficient (Wildman–Crippen LogP) is 11.8.